The Balaban J connectivity index is 2.65. The third-order valence-electron chi connectivity index (χ3n) is 2.67. The van der Waals surface area contributed by atoms with Crippen LogP contribution in [0.5, 0.6) is 0 Å². The number of aromatic nitrogens is 1. The van der Waals surface area contributed by atoms with Crippen molar-refractivity contribution >= 4 is 31.6 Å². The van der Waals surface area contributed by atoms with Gasteiger partial charge >= 0.3 is 4.87 Å². The molecule has 0 unspecified atom stereocenters. The van der Waals surface area contributed by atoms with Crippen LogP contribution in [0, 0.1) is 0 Å². The zero-order valence-electron chi connectivity index (χ0n) is 10.1. The second-order valence-corrected chi connectivity index (χ2v) is 6.74. The third-order valence-corrected chi connectivity index (χ3v) is 5.02. The van der Waals surface area contributed by atoms with Crippen LogP contribution in [0.25, 0.3) is 10.2 Å². The number of rotatable bonds is 4. The van der Waals surface area contributed by atoms with E-state index in [-0.39, 0.29) is 9.77 Å². The fourth-order valence-corrected chi connectivity index (χ4v) is 3.55. The van der Waals surface area contributed by atoms with Crippen LogP contribution in [0.15, 0.2) is 27.9 Å². The van der Waals surface area contributed by atoms with Crippen LogP contribution >= 0.6 is 11.3 Å². The van der Waals surface area contributed by atoms with Crippen molar-refractivity contribution in [2.24, 2.45) is 0 Å². The summed E-state index contributed by atoms with van der Waals surface area (Å²) in [5.41, 5.74) is 0.793. The second kappa shape index (κ2) is 4.83. The summed E-state index contributed by atoms with van der Waals surface area (Å²) in [4.78, 5) is 11.9. The molecule has 0 atom stereocenters. The summed E-state index contributed by atoms with van der Waals surface area (Å²) in [5, 5.41) is 0. The van der Waals surface area contributed by atoms with Gasteiger partial charge in [-0.25, -0.2) is 13.1 Å². The number of aryl methyl sites for hydroxylation is 1. The van der Waals surface area contributed by atoms with Crippen LogP contribution in [-0.4, -0.2) is 20.0 Å². The van der Waals surface area contributed by atoms with Crippen LogP contribution in [0.1, 0.15) is 13.3 Å². The van der Waals surface area contributed by atoms with Gasteiger partial charge < -0.3 is 0 Å². The quantitative estimate of drug-likeness (QED) is 0.923. The van der Waals surface area contributed by atoms with Crippen molar-refractivity contribution in [3.63, 3.8) is 0 Å². The Morgan fingerprint density at radius 3 is 2.72 bits per heavy atom. The smallest absolute Gasteiger partial charge is 0.299 e. The number of nitrogens with one attached hydrogen (secondary N) is 1. The lowest BCUT2D eigenvalue weighted by molar-refractivity contribution is 0.588. The maximum absolute atomic E-state index is 11.8. The Kier molecular flexibility index (Phi) is 3.56. The molecule has 2 rings (SSSR count). The van der Waals surface area contributed by atoms with E-state index in [4.69, 9.17) is 0 Å². The van der Waals surface area contributed by atoms with E-state index in [0.717, 1.165) is 23.3 Å². The van der Waals surface area contributed by atoms with Crippen LogP contribution in [0.2, 0.25) is 0 Å². The zero-order valence-corrected chi connectivity index (χ0v) is 11.8. The van der Waals surface area contributed by atoms with E-state index in [9.17, 15) is 13.2 Å². The number of nitrogens with zero attached hydrogens (tertiary/aromatic N) is 1. The molecule has 1 aromatic carbocycles. The van der Waals surface area contributed by atoms with Crippen molar-refractivity contribution in [3.05, 3.63) is 27.9 Å². The highest BCUT2D eigenvalue weighted by atomic mass is 32.2. The molecule has 0 spiro atoms. The predicted octanol–water partition coefficient (Wildman–Crippen LogP) is 1.38. The topological polar surface area (TPSA) is 68.2 Å². The number of hydrogen-bond acceptors (Lipinski definition) is 4. The first kappa shape index (κ1) is 13.3. The zero-order chi connectivity index (χ0) is 13.3. The molecule has 5 nitrogen and oxygen atoms in total. The van der Waals surface area contributed by atoms with Gasteiger partial charge in [0.1, 0.15) is 0 Å². The molecule has 0 radical (unpaired) electrons. The van der Waals surface area contributed by atoms with E-state index in [0.29, 0.717) is 11.2 Å². The fraction of sp³-hybridized carbons (Fsp3) is 0.364. The molecule has 0 saturated carbocycles. The lowest BCUT2D eigenvalue weighted by Gasteiger charge is -2.03. The summed E-state index contributed by atoms with van der Waals surface area (Å²) in [6.45, 7) is 2.65. The van der Waals surface area contributed by atoms with E-state index in [1.165, 1.54) is 13.1 Å². The molecule has 1 aromatic heterocycles. The van der Waals surface area contributed by atoms with Crippen molar-refractivity contribution in [1.82, 2.24) is 9.29 Å². The van der Waals surface area contributed by atoms with Crippen molar-refractivity contribution in [2.75, 3.05) is 7.05 Å². The van der Waals surface area contributed by atoms with Crippen molar-refractivity contribution in [1.29, 1.82) is 0 Å². The number of fused-ring (bicyclic) bond motifs is 1. The Bertz CT molecular complexity index is 728. The summed E-state index contributed by atoms with van der Waals surface area (Å²) in [6.07, 6.45) is 0.863. The molecule has 0 amide bonds. The Hall–Kier alpha value is -1.18. The van der Waals surface area contributed by atoms with Gasteiger partial charge in [-0.3, -0.25) is 9.36 Å². The molecule has 18 heavy (non-hydrogen) atoms. The minimum atomic E-state index is -3.46. The first-order valence-electron chi connectivity index (χ1n) is 5.56. The van der Waals surface area contributed by atoms with Gasteiger partial charge in [0, 0.05) is 6.54 Å². The molecule has 2 aromatic rings. The average Bonchev–Trinajstić information content (AvgIpc) is 2.66. The SMILES string of the molecule is CCCn1c(=O)sc2cc(S(=O)(=O)NC)ccc21. The molecule has 98 valence electrons. The maximum atomic E-state index is 11.8. The van der Waals surface area contributed by atoms with Crippen LogP contribution in [-0.2, 0) is 16.6 Å². The molecule has 0 fully saturated rings. The average molecular weight is 286 g/mol. The number of sulfonamides is 1. The summed E-state index contributed by atoms with van der Waals surface area (Å²) in [7, 11) is -2.09. The number of benzene rings is 1. The van der Waals surface area contributed by atoms with Crippen LogP contribution < -0.4 is 9.60 Å². The Morgan fingerprint density at radius 1 is 1.39 bits per heavy atom. The molecule has 0 bridgehead atoms. The fourth-order valence-electron chi connectivity index (χ4n) is 1.77. The Morgan fingerprint density at radius 2 is 2.11 bits per heavy atom. The summed E-state index contributed by atoms with van der Waals surface area (Å²) in [5.74, 6) is 0. The van der Waals surface area contributed by atoms with E-state index in [2.05, 4.69) is 4.72 Å². The van der Waals surface area contributed by atoms with Gasteiger partial charge in [-0.05, 0) is 31.7 Å². The minimum absolute atomic E-state index is 0.0501. The summed E-state index contributed by atoms with van der Waals surface area (Å²) in [6, 6.07) is 4.75. The molecule has 1 N–H and O–H groups in total. The van der Waals surface area contributed by atoms with E-state index < -0.39 is 10.0 Å². The highest BCUT2D eigenvalue weighted by molar-refractivity contribution is 7.89. The molecule has 1 heterocycles. The van der Waals surface area contributed by atoms with Gasteiger partial charge in [-0.1, -0.05) is 18.3 Å². The van der Waals surface area contributed by atoms with Crippen molar-refractivity contribution < 1.29 is 8.42 Å². The number of thiazole rings is 1. The molecule has 0 aliphatic carbocycles. The predicted molar refractivity (Wildman–Crippen MR) is 72.6 cm³/mol. The molecular weight excluding hydrogens is 272 g/mol. The molecule has 0 saturated heterocycles. The lowest BCUT2D eigenvalue weighted by atomic mass is 10.3. The lowest BCUT2D eigenvalue weighted by Crippen LogP contribution is -2.18. The highest BCUT2D eigenvalue weighted by Gasteiger charge is 2.14. The second-order valence-electron chi connectivity index (χ2n) is 3.86. The van der Waals surface area contributed by atoms with E-state index in [1.54, 1.807) is 16.7 Å². The van der Waals surface area contributed by atoms with Crippen LogP contribution in [0.3, 0.4) is 0 Å². The third kappa shape index (κ3) is 2.21. The normalized spacial score (nSPS) is 12.1. The van der Waals surface area contributed by atoms with Gasteiger partial charge in [0.05, 0.1) is 15.1 Å². The van der Waals surface area contributed by atoms with Crippen LogP contribution in [0.4, 0.5) is 0 Å². The minimum Gasteiger partial charge on any atom is -0.299 e. The summed E-state index contributed by atoms with van der Waals surface area (Å²) < 4.78 is 28.0. The highest BCUT2D eigenvalue weighted by Crippen LogP contribution is 2.21. The summed E-state index contributed by atoms with van der Waals surface area (Å²) >= 11 is 1.07. The van der Waals surface area contributed by atoms with Crippen molar-refractivity contribution in [3.8, 4) is 0 Å². The van der Waals surface area contributed by atoms with E-state index >= 15 is 0 Å². The largest absolute Gasteiger partial charge is 0.308 e. The van der Waals surface area contributed by atoms with Gasteiger partial charge in [-0.15, -0.1) is 0 Å². The monoisotopic (exact) mass is 286 g/mol. The molecular formula is C11H14N2O3S2. The molecule has 7 heteroatoms. The van der Waals surface area contributed by atoms with Gasteiger partial charge in [0.25, 0.3) is 0 Å². The first-order chi connectivity index (χ1) is 8.49. The Labute approximate surface area is 109 Å². The van der Waals surface area contributed by atoms with Gasteiger partial charge in [-0.2, -0.15) is 0 Å². The molecule has 0 aliphatic rings. The standard InChI is InChI=1S/C11H14N2O3S2/c1-3-6-13-9-5-4-8(18(15,16)12-2)7-10(9)17-11(13)14/h4-5,7,12H,3,6H2,1-2H3. The molecule has 0 aliphatic heterocycles. The maximum Gasteiger partial charge on any atom is 0.308 e. The van der Waals surface area contributed by atoms with E-state index in [1.807, 2.05) is 6.92 Å². The van der Waals surface area contributed by atoms with Gasteiger partial charge in [0.2, 0.25) is 10.0 Å². The van der Waals surface area contributed by atoms with Gasteiger partial charge in [0.15, 0.2) is 0 Å². The van der Waals surface area contributed by atoms with Crippen molar-refractivity contribution in [2.45, 2.75) is 24.8 Å². The number of hydrogen-bond donors (Lipinski definition) is 1. The first-order valence-corrected chi connectivity index (χ1v) is 7.86.